The minimum atomic E-state index is -0.992. The van der Waals surface area contributed by atoms with Crippen molar-refractivity contribution in [3.8, 4) is 28.8 Å². The number of nitrogens with two attached hydrogens (primary N) is 1. The second kappa shape index (κ2) is 9.53. The summed E-state index contributed by atoms with van der Waals surface area (Å²) in [6.45, 7) is 0. The first-order valence-electron chi connectivity index (χ1n) is 12.2. The van der Waals surface area contributed by atoms with Gasteiger partial charge in [-0.3, -0.25) is 9.69 Å². The molecule has 1 unspecified atom stereocenters. The molecule has 6 rings (SSSR count). The average molecular weight is 540 g/mol. The van der Waals surface area contributed by atoms with Crippen LogP contribution in [-0.4, -0.2) is 28.0 Å². The number of Topliss-reactive ketones (excluding diaryl/α,β-unsaturated/α-hetero) is 1. The number of ketones is 1. The van der Waals surface area contributed by atoms with E-state index in [0.717, 1.165) is 5.56 Å². The van der Waals surface area contributed by atoms with Crippen LogP contribution in [0, 0.1) is 17.3 Å². The highest BCUT2D eigenvalue weighted by Crippen LogP contribution is 2.48. The number of allylic oxidation sites excluding steroid dienone is 3. The Labute approximate surface area is 227 Å². The van der Waals surface area contributed by atoms with Crippen molar-refractivity contribution in [1.29, 1.82) is 5.26 Å². The fraction of sp³-hybridized carbons (Fsp3) is 0.172. The van der Waals surface area contributed by atoms with Gasteiger partial charge in [0.2, 0.25) is 5.95 Å². The fourth-order valence-corrected chi connectivity index (χ4v) is 6.10. The Bertz CT molecular complexity index is 1750. The topological polar surface area (TPSA) is 125 Å². The molecule has 0 bridgehead atoms. The Morgan fingerprint density at radius 1 is 1.18 bits per heavy atom. The number of phenols is 1. The number of thiazole rings is 1. The second-order valence-electron chi connectivity index (χ2n) is 9.31. The van der Waals surface area contributed by atoms with Gasteiger partial charge < -0.3 is 15.6 Å². The lowest BCUT2D eigenvalue weighted by Gasteiger charge is -2.38. The van der Waals surface area contributed by atoms with Crippen LogP contribution in [0.1, 0.15) is 30.7 Å². The highest BCUT2D eigenvalue weighted by Gasteiger charge is 2.42. The lowest BCUT2D eigenvalue weighted by atomic mass is 9.76. The minimum absolute atomic E-state index is 0.0633. The van der Waals surface area contributed by atoms with Gasteiger partial charge in [0.15, 0.2) is 10.9 Å². The Kier molecular flexibility index (Phi) is 6.00. The standard InChI is InChI=1S/C29H22FN5O3S/c1-38-18-9-10-21-16(11-18)12-19(27(30)33-21)25-20(13-31)28(32)35(23-3-2-4-24(37)26(23)25)29-34-22(14-39-29)15-5-7-17(36)8-6-15/h5-12,14,25,36H,2-4,32H2,1H3. The number of carbonyl (C=O) groups excluding carboxylic acids is 1. The minimum Gasteiger partial charge on any atom is -0.508 e. The smallest absolute Gasteiger partial charge is 0.217 e. The molecule has 0 fully saturated rings. The van der Waals surface area contributed by atoms with Crippen LogP contribution in [0.4, 0.5) is 9.52 Å². The summed E-state index contributed by atoms with van der Waals surface area (Å²) >= 11 is 1.32. The van der Waals surface area contributed by atoms with Crippen molar-refractivity contribution in [2.24, 2.45) is 5.73 Å². The Hall–Kier alpha value is -4.75. The molecule has 1 aliphatic carbocycles. The number of nitrogens with zero attached hydrogens (tertiary/aromatic N) is 4. The van der Waals surface area contributed by atoms with Gasteiger partial charge in [0.25, 0.3) is 0 Å². The van der Waals surface area contributed by atoms with Gasteiger partial charge in [0, 0.05) is 39.6 Å². The molecule has 194 valence electrons. The first-order valence-corrected chi connectivity index (χ1v) is 13.1. The van der Waals surface area contributed by atoms with Crippen molar-refractivity contribution < 1.29 is 19.0 Å². The van der Waals surface area contributed by atoms with E-state index in [0.29, 0.717) is 51.6 Å². The number of rotatable bonds is 4. The van der Waals surface area contributed by atoms with Gasteiger partial charge in [-0.15, -0.1) is 11.3 Å². The predicted molar refractivity (Wildman–Crippen MR) is 145 cm³/mol. The number of benzene rings is 2. The first kappa shape index (κ1) is 24.6. The maximum atomic E-state index is 15.6. The van der Waals surface area contributed by atoms with E-state index in [-0.39, 0.29) is 34.9 Å². The van der Waals surface area contributed by atoms with Crippen LogP contribution in [0.5, 0.6) is 11.5 Å². The summed E-state index contributed by atoms with van der Waals surface area (Å²) in [5.74, 6) is -1.09. The molecule has 0 saturated heterocycles. The number of aromatic nitrogens is 2. The third kappa shape index (κ3) is 4.08. The van der Waals surface area contributed by atoms with E-state index in [1.54, 1.807) is 53.4 Å². The number of anilines is 1. The molecule has 2 aliphatic rings. The van der Waals surface area contributed by atoms with Crippen LogP contribution < -0.4 is 15.4 Å². The third-order valence-electron chi connectivity index (χ3n) is 7.07. The molecule has 0 spiro atoms. The average Bonchev–Trinajstić information content (AvgIpc) is 3.42. The van der Waals surface area contributed by atoms with Gasteiger partial charge in [-0.2, -0.15) is 9.65 Å². The molecular formula is C29H22FN5O3S. The zero-order chi connectivity index (χ0) is 27.3. The SMILES string of the molecule is COc1ccc2nc(F)c(C3C(C#N)=C(N)N(c4nc(-c5ccc(O)cc5)cs4)C4=C3C(=O)CCC4)cc2c1. The van der Waals surface area contributed by atoms with E-state index in [4.69, 9.17) is 15.5 Å². The number of phenolic OH excluding ortho intramolecular Hbond substituents is 1. The summed E-state index contributed by atoms with van der Waals surface area (Å²) in [6, 6.07) is 15.5. The molecular weight excluding hydrogens is 517 g/mol. The van der Waals surface area contributed by atoms with Crippen LogP contribution in [0.15, 0.2) is 76.6 Å². The third-order valence-corrected chi connectivity index (χ3v) is 7.90. The maximum absolute atomic E-state index is 15.6. The van der Waals surface area contributed by atoms with Gasteiger partial charge in [-0.25, -0.2) is 9.97 Å². The number of ether oxygens (including phenoxy) is 1. The molecule has 2 aromatic heterocycles. The molecule has 3 heterocycles. The molecule has 8 nitrogen and oxygen atoms in total. The molecule has 1 aliphatic heterocycles. The summed E-state index contributed by atoms with van der Waals surface area (Å²) < 4.78 is 20.9. The van der Waals surface area contributed by atoms with E-state index in [2.05, 4.69) is 11.1 Å². The zero-order valence-corrected chi connectivity index (χ0v) is 21.6. The number of nitriles is 1. The predicted octanol–water partition coefficient (Wildman–Crippen LogP) is 5.52. The number of carbonyl (C=O) groups is 1. The zero-order valence-electron chi connectivity index (χ0n) is 20.8. The van der Waals surface area contributed by atoms with E-state index < -0.39 is 11.9 Å². The Morgan fingerprint density at radius 3 is 2.72 bits per heavy atom. The number of halogens is 1. The normalized spacial score (nSPS) is 17.4. The molecule has 0 radical (unpaired) electrons. The van der Waals surface area contributed by atoms with Crippen molar-refractivity contribution in [2.45, 2.75) is 25.2 Å². The van der Waals surface area contributed by atoms with Crippen LogP contribution in [0.3, 0.4) is 0 Å². The number of pyridine rings is 1. The molecule has 39 heavy (non-hydrogen) atoms. The molecule has 2 aromatic carbocycles. The van der Waals surface area contributed by atoms with Crippen LogP contribution >= 0.6 is 11.3 Å². The molecule has 0 saturated carbocycles. The van der Waals surface area contributed by atoms with E-state index in [1.165, 1.54) is 18.4 Å². The number of methoxy groups -OCH3 is 1. The van der Waals surface area contributed by atoms with Crippen LogP contribution in [-0.2, 0) is 4.79 Å². The van der Waals surface area contributed by atoms with Crippen molar-refractivity contribution >= 4 is 33.2 Å². The van der Waals surface area contributed by atoms with Gasteiger partial charge in [0.05, 0.1) is 35.9 Å². The van der Waals surface area contributed by atoms with Gasteiger partial charge >= 0.3 is 0 Å². The fourth-order valence-electron chi connectivity index (χ4n) is 5.22. The lowest BCUT2D eigenvalue weighted by Crippen LogP contribution is -2.39. The molecule has 4 aromatic rings. The van der Waals surface area contributed by atoms with Gasteiger partial charge in [-0.1, -0.05) is 0 Å². The number of aromatic hydroxyl groups is 1. The number of fused-ring (bicyclic) bond motifs is 1. The van der Waals surface area contributed by atoms with Crippen LogP contribution in [0.2, 0.25) is 0 Å². The number of hydrogen-bond donors (Lipinski definition) is 2. The highest BCUT2D eigenvalue weighted by molar-refractivity contribution is 7.14. The van der Waals surface area contributed by atoms with Crippen molar-refractivity contribution in [2.75, 3.05) is 12.0 Å². The largest absolute Gasteiger partial charge is 0.508 e. The number of hydrogen-bond acceptors (Lipinski definition) is 9. The molecule has 0 amide bonds. The summed E-state index contributed by atoms with van der Waals surface area (Å²) in [5, 5.41) is 22.9. The summed E-state index contributed by atoms with van der Waals surface area (Å²) in [5.41, 5.74) is 9.65. The van der Waals surface area contributed by atoms with E-state index >= 15 is 4.39 Å². The molecule has 1 atom stereocenters. The highest BCUT2D eigenvalue weighted by atomic mass is 32.1. The maximum Gasteiger partial charge on any atom is 0.217 e. The summed E-state index contributed by atoms with van der Waals surface area (Å²) in [4.78, 5) is 24.0. The summed E-state index contributed by atoms with van der Waals surface area (Å²) in [6.07, 6.45) is 1.40. The van der Waals surface area contributed by atoms with E-state index in [1.807, 2.05) is 5.38 Å². The quantitative estimate of drug-likeness (QED) is 0.325. The monoisotopic (exact) mass is 539 g/mol. The van der Waals surface area contributed by atoms with Gasteiger partial charge in [-0.05, 0) is 61.4 Å². The summed E-state index contributed by atoms with van der Waals surface area (Å²) in [7, 11) is 1.54. The Morgan fingerprint density at radius 2 is 1.97 bits per heavy atom. The van der Waals surface area contributed by atoms with Crippen molar-refractivity contribution in [3.63, 3.8) is 0 Å². The molecule has 3 N–H and O–H groups in total. The van der Waals surface area contributed by atoms with Gasteiger partial charge in [0.1, 0.15) is 17.3 Å². The van der Waals surface area contributed by atoms with Crippen molar-refractivity contribution in [1.82, 2.24) is 9.97 Å². The molecule has 10 heteroatoms. The Balaban J connectivity index is 1.52. The van der Waals surface area contributed by atoms with Crippen molar-refractivity contribution in [3.05, 3.63) is 88.1 Å². The second-order valence-corrected chi connectivity index (χ2v) is 10.1. The lowest BCUT2D eigenvalue weighted by molar-refractivity contribution is -0.116. The van der Waals surface area contributed by atoms with E-state index in [9.17, 15) is 15.2 Å². The van der Waals surface area contributed by atoms with Crippen LogP contribution in [0.25, 0.3) is 22.2 Å². The first-order chi connectivity index (χ1) is 18.9.